The molecule has 0 saturated heterocycles. The van der Waals surface area contributed by atoms with Crippen molar-refractivity contribution in [1.82, 2.24) is 5.32 Å². The minimum absolute atomic E-state index is 0.0273. The molecule has 0 aliphatic heterocycles. The highest BCUT2D eigenvalue weighted by Crippen LogP contribution is 2.35. The molecule has 0 saturated carbocycles. The van der Waals surface area contributed by atoms with Crippen molar-refractivity contribution < 1.29 is 28.6 Å². The van der Waals surface area contributed by atoms with Crippen LogP contribution in [0, 0.1) is 0 Å². The molecule has 4 aromatic rings. The van der Waals surface area contributed by atoms with Crippen LogP contribution in [0.4, 0.5) is 11.4 Å². The van der Waals surface area contributed by atoms with E-state index in [4.69, 9.17) is 25.8 Å². The molecule has 4 aromatic carbocycles. The second-order valence-corrected chi connectivity index (χ2v) is 10.6. The summed E-state index contributed by atoms with van der Waals surface area (Å²) in [7, 11) is 4.49. The number of halogens is 1. The van der Waals surface area contributed by atoms with Gasteiger partial charge in [0, 0.05) is 38.5 Å². The first-order chi connectivity index (χ1) is 21.3. The lowest BCUT2D eigenvalue weighted by Crippen LogP contribution is -2.30. The first-order valence-electron chi connectivity index (χ1n) is 13.3. The summed E-state index contributed by atoms with van der Waals surface area (Å²) >= 11 is 7.32. The fraction of sp³-hybridized carbons (Fsp3) is 0.121. The van der Waals surface area contributed by atoms with Gasteiger partial charge in [-0.2, -0.15) is 0 Å². The lowest BCUT2D eigenvalue weighted by atomic mass is 10.1. The van der Waals surface area contributed by atoms with Gasteiger partial charge in [0.05, 0.1) is 27.1 Å². The van der Waals surface area contributed by atoms with Gasteiger partial charge in [0.2, 0.25) is 5.91 Å². The lowest BCUT2D eigenvalue weighted by molar-refractivity contribution is -0.114. The summed E-state index contributed by atoms with van der Waals surface area (Å²) in [4.78, 5) is 39.7. The molecule has 11 heteroatoms. The summed E-state index contributed by atoms with van der Waals surface area (Å²) in [6.07, 6.45) is 1.50. The number of benzene rings is 4. The van der Waals surface area contributed by atoms with Crippen molar-refractivity contribution in [3.63, 3.8) is 0 Å². The Kier molecular flexibility index (Phi) is 11.3. The van der Waals surface area contributed by atoms with Crippen LogP contribution in [0.25, 0.3) is 6.08 Å². The molecule has 0 heterocycles. The number of hydrogen-bond donors (Lipinski definition) is 3. The molecular formula is C33H30ClN3O6S. The summed E-state index contributed by atoms with van der Waals surface area (Å²) in [5, 5.41) is 8.87. The second-order valence-electron chi connectivity index (χ2n) is 9.15. The van der Waals surface area contributed by atoms with Gasteiger partial charge >= 0.3 is 0 Å². The van der Waals surface area contributed by atoms with Gasteiger partial charge in [-0.05, 0) is 66.7 Å². The van der Waals surface area contributed by atoms with Gasteiger partial charge in [-0.1, -0.05) is 35.9 Å². The molecule has 0 aromatic heterocycles. The number of nitrogens with one attached hydrogen (secondary N) is 3. The number of hydrogen-bond acceptors (Lipinski definition) is 7. The fourth-order valence-corrected chi connectivity index (χ4v) is 4.90. The molecule has 0 unspecified atom stereocenters. The van der Waals surface area contributed by atoms with Crippen molar-refractivity contribution in [2.24, 2.45) is 0 Å². The summed E-state index contributed by atoms with van der Waals surface area (Å²) in [6.45, 7) is 0. The van der Waals surface area contributed by atoms with Crippen LogP contribution in [-0.2, 0) is 9.59 Å². The van der Waals surface area contributed by atoms with Gasteiger partial charge in [-0.15, -0.1) is 11.8 Å². The zero-order valence-corrected chi connectivity index (χ0v) is 25.8. The maximum absolute atomic E-state index is 13.5. The number of amides is 3. The molecule has 0 bridgehead atoms. The van der Waals surface area contributed by atoms with Crippen LogP contribution in [0.15, 0.2) is 102 Å². The van der Waals surface area contributed by atoms with Crippen LogP contribution in [0.5, 0.6) is 17.2 Å². The number of carbonyl (C=O) groups is 3. The van der Waals surface area contributed by atoms with E-state index >= 15 is 0 Å². The summed E-state index contributed by atoms with van der Waals surface area (Å²) < 4.78 is 16.3. The molecule has 0 aliphatic rings. The van der Waals surface area contributed by atoms with Crippen molar-refractivity contribution in [3.8, 4) is 17.2 Å². The maximum Gasteiger partial charge on any atom is 0.272 e. The predicted molar refractivity (Wildman–Crippen MR) is 174 cm³/mol. The number of methoxy groups -OCH3 is 3. The number of carbonyl (C=O) groups excluding carboxylic acids is 3. The van der Waals surface area contributed by atoms with E-state index in [9.17, 15) is 14.4 Å². The van der Waals surface area contributed by atoms with E-state index in [0.717, 1.165) is 4.90 Å². The molecule has 0 spiro atoms. The largest absolute Gasteiger partial charge is 0.496 e. The Hall–Kier alpha value is -4.93. The number of ether oxygens (including phenoxy) is 3. The Balaban J connectivity index is 1.50. The van der Waals surface area contributed by atoms with Crippen molar-refractivity contribution in [1.29, 1.82) is 0 Å². The van der Waals surface area contributed by atoms with Crippen LogP contribution in [-0.4, -0.2) is 44.8 Å². The van der Waals surface area contributed by atoms with Crippen LogP contribution in [0.1, 0.15) is 15.9 Å². The minimum Gasteiger partial charge on any atom is -0.496 e. The van der Waals surface area contributed by atoms with Crippen LogP contribution in [0.3, 0.4) is 0 Å². The zero-order chi connectivity index (χ0) is 31.5. The smallest absolute Gasteiger partial charge is 0.272 e. The van der Waals surface area contributed by atoms with E-state index in [1.54, 1.807) is 91.0 Å². The van der Waals surface area contributed by atoms with E-state index in [2.05, 4.69) is 16.0 Å². The van der Waals surface area contributed by atoms with Gasteiger partial charge in [-0.25, -0.2) is 0 Å². The molecule has 0 fully saturated rings. The van der Waals surface area contributed by atoms with E-state index in [1.807, 2.05) is 0 Å². The molecule has 0 atom stereocenters. The van der Waals surface area contributed by atoms with Crippen molar-refractivity contribution in [2.75, 3.05) is 37.7 Å². The highest BCUT2D eigenvalue weighted by molar-refractivity contribution is 8.00. The van der Waals surface area contributed by atoms with Gasteiger partial charge in [0.15, 0.2) is 11.5 Å². The molecular weight excluding hydrogens is 602 g/mol. The predicted octanol–water partition coefficient (Wildman–Crippen LogP) is 6.51. The van der Waals surface area contributed by atoms with Gasteiger partial charge in [-0.3, -0.25) is 14.4 Å². The van der Waals surface area contributed by atoms with Crippen LogP contribution in [0.2, 0.25) is 5.02 Å². The average Bonchev–Trinajstić information content (AvgIpc) is 3.04. The highest BCUT2D eigenvalue weighted by Gasteiger charge is 2.18. The number of rotatable bonds is 12. The Morgan fingerprint density at radius 2 is 1.43 bits per heavy atom. The van der Waals surface area contributed by atoms with Gasteiger partial charge < -0.3 is 30.2 Å². The van der Waals surface area contributed by atoms with Crippen LogP contribution >= 0.6 is 23.4 Å². The van der Waals surface area contributed by atoms with Gasteiger partial charge in [0.1, 0.15) is 11.4 Å². The van der Waals surface area contributed by atoms with E-state index in [0.29, 0.717) is 44.8 Å². The lowest BCUT2D eigenvalue weighted by Gasteiger charge is -2.15. The maximum atomic E-state index is 13.5. The molecule has 9 nitrogen and oxygen atoms in total. The van der Waals surface area contributed by atoms with E-state index in [1.165, 1.54) is 39.2 Å². The third-order valence-electron chi connectivity index (χ3n) is 6.16. The molecule has 44 heavy (non-hydrogen) atoms. The van der Waals surface area contributed by atoms with Crippen molar-refractivity contribution in [2.45, 2.75) is 4.90 Å². The normalized spacial score (nSPS) is 10.9. The Morgan fingerprint density at radius 1 is 0.750 bits per heavy atom. The first-order valence-corrected chi connectivity index (χ1v) is 14.6. The standard InChI is InChI=1S/C33H30ClN3O6S/c1-41-28-19-30(43-3)29(42-2)17-22(28)16-27(37-32(39)21-8-5-4-6-9-21)33(40)36-24-12-14-26(15-13-24)44-20-31(38)35-25-11-7-10-23(34)18-25/h4-19H,20H2,1-3H3,(H,35,38)(H,36,40)(H,37,39)/b27-16-. The summed E-state index contributed by atoms with van der Waals surface area (Å²) in [5.74, 6) is 0.251. The van der Waals surface area contributed by atoms with E-state index < -0.39 is 11.8 Å². The fourth-order valence-electron chi connectivity index (χ4n) is 4.01. The molecule has 226 valence electrons. The summed E-state index contributed by atoms with van der Waals surface area (Å²) in [6, 6.07) is 25.8. The topological polar surface area (TPSA) is 115 Å². The van der Waals surface area contributed by atoms with Gasteiger partial charge in [0.25, 0.3) is 11.8 Å². The Bertz CT molecular complexity index is 1660. The average molecular weight is 632 g/mol. The summed E-state index contributed by atoms with van der Waals surface area (Å²) in [5.41, 5.74) is 1.94. The highest BCUT2D eigenvalue weighted by atomic mass is 35.5. The molecule has 0 radical (unpaired) electrons. The Morgan fingerprint density at radius 3 is 2.09 bits per heavy atom. The molecule has 3 N–H and O–H groups in total. The third-order valence-corrected chi connectivity index (χ3v) is 7.40. The zero-order valence-electron chi connectivity index (χ0n) is 24.2. The number of anilines is 2. The van der Waals surface area contributed by atoms with Crippen LogP contribution < -0.4 is 30.2 Å². The molecule has 0 aliphatic carbocycles. The Labute approximate surface area is 264 Å². The van der Waals surface area contributed by atoms with Crippen molar-refractivity contribution >= 4 is 58.5 Å². The third kappa shape index (κ3) is 8.79. The first kappa shape index (κ1) is 32.0. The van der Waals surface area contributed by atoms with Crippen molar-refractivity contribution in [3.05, 3.63) is 113 Å². The van der Waals surface area contributed by atoms with E-state index in [-0.39, 0.29) is 17.4 Å². The second kappa shape index (κ2) is 15.5. The molecule has 4 rings (SSSR count). The minimum atomic E-state index is -0.563. The quantitative estimate of drug-likeness (QED) is 0.121. The number of thioether (sulfide) groups is 1. The SMILES string of the molecule is COc1cc(OC)c(OC)cc1/C=C(\NC(=O)c1ccccc1)C(=O)Nc1ccc(SCC(=O)Nc2cccc(Cl)c2)cc1. The monoisotopic (exact) mass is 631 g/mol. The molecule has 3 amide bonds.